The predicted octanol–water partition coefficient (Wildman–Crippen LogP) is 5.29. The van der Waals surface area contributed by atoms with Crippen LogP contribution in [0.4, 0.5) is 5.82 Å². The van der Waals surface area contributed by atoms with Crippen molar-refractivity contribution in [1.29, 1.82) is 0 Å². The van der Waals surface area contributed by atoms with Gasteiger partial charge in [0.05, 0.1) is 5.69 Å². The van der Waals surface area contributed by atoms with Crippen LogP contribution in [0.1, 0.15) is 18.9 Å². The molecule has 0 bridgehead atoms. The Kier molecular flexibility index (Phi) is 5.58. The molecule has 6 heteroatoms. The fourth-order valence-electron chi connectivity index (χ4n) is 3.70. The maximum absolute atomic E-state index is 4.78. The van der Waals surface area contributed by atoms with Crippen LogP contribution < -0.4 is 5.32 Å². The van der Waals surface area contributed by atoms with Gasteiger partial charge >= 0.3 is 0 Å². The van der Waals surface area contributed by atoms with E-state index in [1.54, 1.807) is 16.9 Å². The molecule has 1 atom stereocenters. The summed E-state index contributed by atoms with van der Waals surface area (Å²) in [7, 11) is 0. The number of aryl methyl sites for hydroxylation is 1. The number of anilines is 1. The lowest BCUT2D eigenvalue weighted by Crippen LogP contribution is -2.18. The number of nitrogens with zero attached hydrogens (tertiary/aromatic N) is 5. The van der Waals surface area contributed by atoms with Crippen LogP contribution in [0.5, 0.6) is 0 Å². The van der Waals surface area contributed by atoms with Gasteiger partial charge in [0.1, 0.15) is 5.82 Å². The Balaban J connectivity index is 1.49. The van der Waals surface area contributed by atoms with Crippen molar-refractivity contribution in [2.75, 3.05) is 5.32 Å². The summed E-state index contributed by atoms with van der Waals surface area (Å²) in [6, 6.07) is 26.8. The third-order valence-corrected chi connectivity index (χ3v) is 5.40. The van der Waals surface area contributed by atoms with E-state index in [4.69, 9.17) is 15.1 Å². The molecule has 158 valence electrons. The zero-order chi connectivity index (χ0) is 21.8. The van der Waals surface area contributed by atoms with Gasteiger partial charge in [-0.05, 0) is 37.5 Å². The Labute approximate surface area is 187 Å². The largest absolute Gasteiger partial charge is 0.367 e. The zero-order valence-corrected chi connectivity index (χ0v) is 17.9. The van der Waals surface area contributed by atoms with E-state index in [1.807, 2.05) is 36.4 Å². The highest BCUT2D eigenvalue weighted by Crippen LogP contribution is 2.24. The fourth-order valence-corrected chi connectivity index (χ4v) is 3.70. The Bertz CT molecular complexity index is 1300. The Hall–Kier alpha value is -4.06. The first-order valence-electron chi connectivity index (χ1n) is 10.8. The number of pyridine rings is 1. The van der Waals surface area contributed by atoms with E-state index in [0.29, 0.717) is 11.6 Å². The van der Waals surface area contributed by atoms with E-state index in [2.05, 4.69) is 59.7 Å². The molecule has 1 unspecified atom stereocenters. The summed E-state index contributed by atoms with van der Waals surface area (Å²) in [6.07, 6.45) is 5.51. The molecule has 0 amide bonds. The summed E-state index contributed by atoms with van der Waals surface area (Å²) >= 11 is 0. The molecule has 5 aromatic rings. The lowest BCUT2D eigenvalue weighted by Gasteiger charge is -2.16. The summed E-state index contributed by atoms with van der Waals surface area (Å²) in [5, 5.41) is 8.36. The first kappa shape index (κ1) is 19.9. The number of benzene rings is 2. The molecule has 0 aliphatic carbocycles. The van der Waals surface area contributed by atoms with Crippen molar-refractivity contribution in [3.05, 3.63) is 96.8 Å². The normalized spacial score (nSPS) is 12.0. The smallest absolute Gasteiger partial charge is 0.255 e. The van der Waals surface area contributed by atoms with Crippen LogP contribution in [-0.2, 0) is 6.42 Å². The molecular formula is C26H24N6. The molecule has 5 rings (SSSR count). The minimum absolute atomic E-state index is 0.246. The van der Waals surface area contributed by atoms with E-state index < -0.39 is 0 Å². The highest BCUT2D eigenvalue weighted by molar-refractivity contribution is 5.66. The van der Waals surface area contributed by atoms with E-state index >= 15 is 0 Å². The van der Waals surface area contributed by atoms with Gasteiger partial charge in [-0.3, -0.25) is 4.98 Å². The second-order valence-corrected chi connectivity index (χ2v) is 7.85. The molecule has 0 fully saturated rings. The van der Waals surface area contributed by atoms with Crippen molar-refractivity contribution in [3.63, 3.8) is 0 Å². The number of nitrogens with one attached hydrogen (secondary N) is 1. The summed E-state index contributed by atoms with van der Waals surface area (Å²) < 4.78 is 1.79. The molecule has 3 aromatic heterocycles. The van der Waals surface area contributed by atoms with Crippen molar-refractivity contribution in [3.8, 4) is 22.6 Å². The average molecular weight is 421 g/mol. The Morgan fingerprint density at radius 2 is 1.62 bits per heavy atom. The Morgan fingerprint density at radius 1 is 0.875 bits per heavy atom. The third-order valence-electron chi connectivity index (χ3n) is 5.40. The molecule has 0 spiro atoms. The number of hydrogen-bond donors (Lipinski definition) is 1. The highest BCUT2D eigenvalue weighted by Gasteiger charge is 2.15. The molecule has 0 aliphatic rings. The van der Waals surface area contributed by atoms with Crippen molar-refractivity contribution in [1.82, 2.24) is 24.6 Å². The van der Waals surface area contributed by atoms with Crippen LogP contribution in [0.2, 0.25) is 0 Å². The van der Waals surface area contributed by atoms with Crippen LogP contribution in [0.15, 0.2) is 91.3 Å². The first-order chi connectivity index (χ1) is 15.8. The topological polar surface area (TPSA) is 68.0 Å². The molecule has 1 N–H and O–H groups in total. The maximum atomic E-state index is 4.78. The van der Waals surface area contributed by atoms with Gasteiger partial charge in [0.15, 0.2) is 5.82 Å². The van der Waals surface area contributed by atoms with Crippen LogP contribution in [-0.4, -0.2) is 30.6 Å². The van der Waals surface area contributed by atoms with Gasteiger partial charge in [0, 0.05) is 35.6 Å². The minimum Gasteiger partial charge on any atom is -0.367 e. The molecule has 0 saturated carbocycles. The molecule has 0 aliphatic heterocycles. The summed E-state index contributed by atoms with van der Waals surface area (Å²) in [4.78, 5) is 13.7. The highest BCUT2D eigenvalue weighted by atomic mass is 15.4. The van der Waals surface area contributed by atoms with Crippen molar-refractivity contribution in [2.45, 2.75) is 25.8 Å². The van der Waals surface area contributed by atoms with Gasteiger partial charge in [-0.1, -0.05) is 60.7 Å². The molecule has 3 heterocycles. The van der Waals surface area contributed by atoms with Crippen LogP contribution in [0, 0.1) is 0 Å². The molecule has 0 radical (unpaired) electrons. The predicted molar refractivity (Wildman–Crippen MR) is 127 cm³/mol. The van der Waals surface area contributed by atoms with Gasteiger partial charge in [-0.15, -0.1) is 5.10 Å². The first-order valence-corrected chi connectivity index (χ1v) is 10.8. The van der Waals surface area contributed by atoms with E-state index in [0.717, 1.165) is 35.5 Å². The SMILES string of the molecule is CC(CCc1ccccc1)Nc1cc(-c2ccccc2)nc2nc(-c3cccnc3)nn12. The second kappa shape index (κ2) is 8.98. The Morgan fingerprint density at radius 3 is 2.38 bits per heavy atom. The maximum Gasteiger partial charge on any atom is 0.255 e. The van der Waals surface area contributed by atoms with Gasteiger partial charge in [0.2, 0.25) is 0 Å². The zero-order valence-electron chi connectivity index (χ0n) is 17.9. The third kappa shape index (κ3) is 4.34. The number of hydrogen-bond acceptors (Lipinski definition) is 5. The lowest BCUT2D eigenvalue weighted by atomic mass is 10.1. The number of fused-ring (bicyclic) bond motifs is 1. The van der Waals surface area contributed by atoms with Crippen LogP contribution in [0.3, 0.4) is 0 Å². The van der Waals surface area contributed by atoms with Crippen molar-refractivity contribution in [2.24, 2.45) is 0 Å². The van der Waals surface area contributed by atoms with Gasteiger partial charge in [-0.25, -0.2) is 4.98 Å². The molecule has 2 aromatic carbocycles. The average Bonchev–Trinajstić information content (AvgIpc) is 3.29. The van der Waals surface area contributed by atoms with Gasteiger partial charge in [0.25, 0.3) is 5.78 Å². The quantitative estimate of drug-likeness (QED) is 0.388. The fraction of sp³-hybridized carbons (Fsp3) is 0.154. The van der Waals surface area contributed by atoms with Gasteiger partial charge < -0.3 is 5.32 Å². The number of aromatic nitrogens is 5. The molecule has 32 heavy (non-hydrogen) atoms. The molecule has 0 saturated heterocycles. The standard InChI is InChI=1S/C26H24N6/c1-19(14-15-20-9-4-2-5-10-20)28-24-17-23(21-11-6-3-7-12-21)29-26-30-25(31-32(24)26)22-13-8-16-27-18-22/h2-13,16-19,28H,14-15H2,1H3. The molecular weight excluding hydrogens is 396 g/mol. The monoisotopic (exact) mass is 420 g/mol. The minimum atomic E-state index is 0.246. The summed E-state index contributed by atoms with van der Waals surface area (Å²) in [5.74, 6) is 2.04. The number of rotatable bonds is 7. The molecule has 6 nitrogen and oxygen atoms in total. The lowest BCUT2D eigenvalue weighted by molar-refractivity contribution is 0.697. The van der Waals surface area contributed by atoms with E-state index in [1.165, 1.54) is 5.56 Å². The van der Waals surface area contributed by atoms with Gasteiger partial charge in [-0.2, -0.15) is 9.50 Å². The van der Waals surface area contributed by atoms with Crippen molar-refractivity contribution < 1.29 is 0 Å². The van der Waals surface area contributed by atoms with Crippen LogP contribution >= 0.6 is 0 Å². The van der Waals surface area contributed by atoms with Crippen molar-refractivity contribution >= 4 is 11.6 Å². The van der Waals surface area contributed by atoms with E-state index in [9.17, 15) is 0 Å². The summed E-state index contributed by atoms with van der Waals surface area (Å²) in [5.41, 5.74) is 4.11. The second-order valence-electron chi connectivity index (χ2n) is 7.85. The van der Waals surface area contributed by atoms with E-state index in [-0.39, 0.29) is 6.04 Å². The van der Waals surface area contributed by atoms with Crippen LogP contribution in [0.25, 0.3) is 28.4 Å². The summed E-state index contributed by atoms with van der Waals surface area (Å²) in [6.45, 7) is 2.19.